The zero-order valence-electron chi connectivity index (χ0n) is 16.2. The van der Waals surface area contributed by atoms with E-state index in [1.54, 1.807) is 13.3 Å². The molecule has 0 saturated heterocycles. The van der Waals surface area contributed by atoms with E-state index in [1.165, 1.54) is 5.56 Å². The van der Waals surface area contributed by atoms with Gasteiger partial charge in [-0.2, -0.15) is 0 Å². The van der Waals surface area contributed by atoms with Gasteiger partial charge < -0.3 is 10.1 Å². The topological polar surface area (TPSA) is 59.9 Å². The first-order valence-corrected chi connectivity index (χ1v) is 9.29. The minimum Gasteiger partial charge on any atom is -0.496 e. The van der Waals surface area contributed by atoms with Gasteiger partial charge in [0.05, 0.1) is 12.6 Å². The van der Waals surface area contributed by atoms with Crippen molar-refractivity contribution in [2.75, 3.05) is 12.4 Å². The number of para-hydroxylation sites is 1. The molecule has 4 aromatic rings. The second-order valence-corrected chi connectivity index (χ2v) is 6.86. The lowest BCUT2D eigenvalue weighted by atomic mass is 10.0. The molecule has 0 unspecified atom stereocenters. The lowest BCUT2D eigenvalue weighted by molar-refractivity contribution is 0.408. The third-order valence-electron chi connectivity index (χ3n) is 4.62. The van der Waals surface area contributed by atoms with E-state index >= 15 is 0 Å². The van der Waals surface area contributed by atoms with Crippen LogP contribution in [0.15, 0.2) is 66.9 Å². The van der Waals surface area contributed by atoms with Crippen molar-refractivity contribution in [3.8, 4) is 17.3 Å². The smallest absolute Gasteiger partial charge is 0.180 e. The van der Waals surface area contributed by atoms with Crippen LogP contribution in [0.2, 0.25) is 0 Å². The monoisotopic (exact) mass is 370 g/mol. The van der Waals surface area contributed by atoms with Crippen LogP contribution in [0.25, 0.3) is 22.4 Å². The summed E-state index contributed by atoms with van der Waals surface area (Å²) < 4.78 is 5.58. The van der Waals surface area contributed by atoms with Gasteiger partial charge in [0.15, 0.2) is 5.82 Å². The number of aromatic nitrogens is 3. The number of ether oxygens (including phenoxy) is 1. The van der Waals surface area contributed by atoms with Crippen LogP contribution in [-0.4, -0.2) is 22.1 Å². The number of nitrogens with zero attached hydrogens (tertiary/aromatic N) is 3. The first-order chi connectivity index (χ1) is 13.7. The molecule has 1 N–H and O–H groups in total. The summed E-state index contributed by atoms with van der Waals surface area (Å²) in [7, 11) is 1.70. The maximum absolute atomic E-state index is 5.58. The summed E-state index contributed by atoms with van der Waals surface area (Å²) in [5.41, 5.74) is 3.70. The van der Waals surface area contributed by atoms with Crippen LogP contribution >= 0.6 is 0 Å². The highest BCUT2D eigenvalue weighted by Gasteiger charge is 2.12. The second-order valence-electron chi connectivity index (χ2n) is 6.86. The fourth-order valence-electron chi connectivity index (χ4n) is 3.18. The first kappa shape index (κ1) is 17.9. The average molecular weight is 370 g/mol. The Morgan fingerprint density at radius 3 is 2.50 bits per heavy atom. The Bertz CT molecular complexity index is 1110. The van der Waals surface area contributed by atoms with Crippen LogP contribution in [0.5, 0.6) is 5.75 Å². The molecule has 0 fully saturated rings. The van der Waals surface area contributed by atoms with Gasteiger partial charge in [-0.1, -0.05) is 38.1 Å². The number of fused-ring (bicyclic) bond motifs is 1. The molecule has 5 heteroatoms. The van der Waals surface area contributed by atoms with Crippen LogP contribution in [0.4, 0.5) is 11.5 Å². The number of benzene rings is 2. The molecular weight excluding hydrogens is 348 g/mol. The second kappa shape index (κ2) is 7.64. The minimum atomic E-state index is 0.389. The van der Waals surface area contributed by atoms with Gasteiger partial charge in [0.1, 0.15) is 17.3 Å². The van der Waals surface area contributed by atoms with Gasteiger partial charge in [0.25, 0.3) is 0 Å². The predicted molar refractivity (Wildman–Crippen MR) is 113 cm³/mol. The highest BCUT2D eigenvalue weighted by atomic mass is 16.5. The third kappa shape index (κ3) is 3.51. The van der Waals surface area contributed by atoms with Crippen molar-refractivity contribution in [3.05, 3.63) is 72.4 Å². The summed E-state index contributed by atoms with van der Waals surface area (Å²) >= 11 is 0. The molecule has 2 aromatic heterocycles. The molecule has 0 amide bonds. The zero-order chi connectivity index (χ0) is 19.5. The summed E-state index contributed by atoms with van der Waals surface area (Å²) in [5, 5.41) is 4.39. The molecule has 0 aliphatic rings. The van der Waals surface area contributed by atoms with E-state index in [4.69, 9.17) is 9.72 Å². The normalized spacial score (nSPS) is 11.0. The number of hydrogen-bond donors (Lipinski definition) is 1. The molecule has 2 heterocycles. The fraction of sp³-hybridized carbons (Fsp3) is 0.174. The molecule has 0 spiro atoms. The van der Waals surface area contributed by atoms with E-state index in [2.05, 4.69) is 41.3 Å². The van der Waals surface area contributed by atoms with Crippen LogP contribution in [0.1, 0.15) is 25.3 Å². The number of anilines is 2. The summed E-state index contributed by atoms with van der Waals surface area (Å²) in [5.74, 6) is 2.58. The van der Waals surface area contributed by atoms with Gasteiger partial charge in [-0.25, -0.2) is 9.97 Å². The highest BCUT2D eigenvalue weighted by Crippen LogP contribution is 2.32. The molecule has 0 aliphatic carbocycles. The van der Waals surface area contributed by atoms with Crippen molar-refractivity contribution in [2.45, 2.75) is 19.8 Å². The van der Waals surface area contributed by atoms with E-state index in [9.17, 15) is 0 Å². The maximum atomic E-state index is 5.58. The van der Waals surface area contributed by atoms with Crippen molar-refractivity contribution in [2.24, 2.45) is 0 Å². The van der Waals surface area contributed by atoms with Gasteiger partial charge in [0, 0.05) is 23.3 Å². The third-order valence-corrected chi connectivity index (χ3v) is 4.62. The summed E-state index contributed by atoms with van der Waals surface area (Å²) in [6.45, 7) is 4.31. The largest absolute Gasteiger partial charge is 0.496 e. The maximum Gasteiger partial charge on any atom is 0.180 e. The molecular formula is C23H22N4O. The summed E-state index contributed by atoms with van der Waals surface area (Å²) in [6, 6.07) is 19.8. The van der Waals surface area contributed by atoms with E-state index < -0.39 is 0 Å². The van der Waals surface area contributed by atoms with Crippen LogP contribution in [0.3, 0.4) is 0 Å². The Balaban J connectivity index is 1.80. The molecule has 28 heavy (non-hydrogen) atoms. The average Bonchev–Trinajstić information content (AvgIpc) is 2.74. The van der Waals surface area contributed by atoms with Gasteiger partial charge in [-0.3, -0.25) is 4.98 Å². The van der Waals surface area contributed by atoms with Gasteiger partial charge in [-0.05, 0) is 41.8 Å². The molecule has 0 saturated carbocycles. The van der Waals surface area contributed by atoms with Crippen molar-refractivity contribution in [1.29, 1.82) is 0 Å². The van der Waals surface area contributed by atoms with E-state index in [1.807, 2.05) is 48.5 Å². The number of rotatable bonds is 5. The predicted octanol–water partition coefficient (Wildman–Crippen LogP) is 5.57. The molecule has 0 radical (unpaired) electrons. The van der Waals surface area contributed by atoms with E-state index in [-0.39, 0.29) is 0 Å². The van der Waals surface area contributed by atoms with Gasteiger partial charge >= 0.3 is 0 Å². The van der Waals surface area contributed by atoms with Crippen LogP contribution in [-0.2, 0) is 0 Å². The quantitative estimate of drug-likeness (QED) is 0.498. The van der Waals surface area contributed by atoms with Crippen LogP contribution in [0, 0.1) is 0 Å². The van der Waals surface area contributed by atoms with Crippen LogP contribution < -0.4 is 10.1 Å². The molecule has 2 aromatic carbocycles. The Kier molecular flexibility index (Phi) is 4.89. The molecule has 4 rings (SSSR count). The lowest BCUT2D eigenvalue weighted by Gasteiger charge is -2.15. The molecule has 0 bridgehead atoms. The molecule has 5 nitrogen and oxygen atoms in total. The van der Waals surface area contributed by atoms with E-state index in [0.29, 0.717) is 11.7 Å². The number of hydrogen-bond acceptors (Lipinski definition) is 5. The Hall–Kier alpha value is -3.47. The number of nitrogens with one attached hydrogen (secondary N) is 1. The van der Waals surface area contributed by atoms with Crippen molar-refractivity contribution >= 4 is 22.4 Å². The SMILES string of the molecule is COc1cc(Nc2nc(-c3ccccn3)nc3ccccc23)ccc1C(C)C. The minimum absolute atomic E-state index is 0.389. The summed E-state index contributed by atoms with van der Waals surface area (Å²) in [6.07, 6.45) is 1.75. The Morgan fingerprint density at radius 1 is 0.929 bits per heavy atom. The summed E-state index contributed by atoms with van der Waals surface area (Å²) in [4.78, 5) is 13.8. The molecule has 140 valence electrons. The van der Waals surface area contributed by atoms with Crippen molar-refractivity contribution in [3.63, 3.8) is 0 Å². The van der Waals surface area contributed by atoms with Crippen molar-refractivity contribution < 1.29 is 4.74 Å². The van der Waals surface area contributed by atoms with Gasteiger partial charge in [-0.15, -0.1) is 0 Å². The zero-order valence-corrected chi connectivity index (χ0v) is 16.2. The molecule has 0 atom stereocenters. The Morgan fingerprint density at radius 2 is 1.75 bits per heavy atom. The number of pyridine rings is 1. The lowest BCUT2D eigenvalue weighted by Crippen LogP contribution is -2.01. The fourth-order valence-corrected chi connectivity index (χ4v) is 3.18. The molecule has 0 aliphatic heterocycles. The standard InChI is InChI=1S/C23H22N4O/c1-15(2)17-12-11-16(14-21(17)28-3)25-22-18-8-4-5-9-19(18)26-23(27-22)20-10-6-7-13-24-20/h4-15H,1-3H3,(H,25,26,27). The first-order valence-electron chi connectivity index (χ1n) is 9.29. The van der Waals surface area contributed by atoms with Gasteiger partial charge in [0.2, 0.25) is 0 Å². The van der Waals surface area contributed by atoms with Crippen molar-refractivity contribution in [1.82, 2.24) is 15.0 Å². The van der Waals surface area contributed by atoms with E-state index in [0.717, 1.165) is 33.9 Å². The highest BCUT2D eigenvalue weighted by molar-refractivity contribution is 5.92. The Labute approximate surface area is 164 Å². The number of methoxy groups -OCH3 is 1.